The number of guanidine groups is 1. The van der Waals surface area contributed by atoms with Gasteiger partial charge in [0, 0.05) is 25.2 Å². The lowest BCUT2D eigenvalue weighted by molar-refractivity contribution is 0.400. The Morgan fingerprint density at radius 2 is 1.78 bits per heavy atom. The van der Waals surface area contributed by atoms with Gasteiger partial charge in [-0.05, 0) is 50.7 Å². The lowest BCUT2D eigenvalue weighted by Crippen LogP contribution is -2.37. The van der Waals surface area contributed by atoms with Crippen LogP contribution in [-0.2, 0) is 19.6 Å². The summed E-state index contributed by atoms with van der Waals surface area (Å²) in [6, 6.07) is 14.7. The van der Waals surface area contributed by atoms with Crippen LogP contribution in [0.5, 0.6) is 5.75 Å². The molecule has 0 radical (unpaired) electrons. The minimum atomic E-state index is 0.568. The summed E-state index contributed by atoms with van der Waals surface area (Å²) in [6.45, 7) is 7.18. The number of aliphatic imine (C=N–C) groups is 1. The second kappa shape index (κ2) is 10.6. The topological polar surface area (TPSA) is 48.9 Å². The number of ether oxygens (including phenoxy) is 1. The monoisotopic (exact) mass is 368 g/mol. The highest BCUT2D eigenvalue weighted by Gasteiger charge is 2.06. The van der Waals surface area contributed by atoms with Crippen LogP contribution >= 0.6 is 0 Å². The summed E-state index contributed by atoms with van der Waals surface area (Å²) in [7, 11) is 5.88. The van der Waals surface area contributed by atoms with Crippen molar-refractivity contribution in [2.75, 3.05) is 27.7 Å². The van der Waals surface area contributed by atoms with Crippen molar-refractivity contribution in [3.8, 4) is 5.75 Å². The Hall–Kier alpha value is -2.53. The van der Waals surface area contributed by atoms with Crippen LogP contribution in [0.25, 0.3) is 0 Å². The second-order valence-corrected chi connectivity index (χ2v) is 6.87. The van der Waals surface area contributed by atoms with Crippen molar-refractivity contribution in [2.24, 2.45) is 4.99 Å². The third-order valence-electron chi connectivity index (χ3n) is 4.25. The SMILES string of the molecule is CCNC(=NCc1ccc(C)cc1OC)NCc1ccccc1CN(C)C. The minimum Gasteiger partial charge on any atom is -0.496 e. The van der Waals surface area contributed by atoms with Gasteiger partial charge in [0.25, 0.3) is 0 Å². The first kappa shape index (κ1) is 20.8. The van der Waals surface area contributed by atoms with Crippen molar-refractivity contribution in [1.82, 2.24) is 15.5 Å². The van der Waals surface area contributed by atoms with Crippen LogP contribution in [0.15, 0.2) is 47.5 Å². The molecular formula is C22H32N4O. The van der Waals surface area contributed by atoms with Crippen molar-refractivity contribution >= 4 is 5.96 Å². The first-order chi connectivity index (χ1) is 13.0. The maximum absolute atomic E-state index is 5.49. The van der Waals surface area contributed by atoms with Crippen LogP contribution in [0.1, 0.15) is 29.2 Å². The molecule has 0 aromatic heterocycles. The zero-order chi connectivity index (χ0) is 19.6. The molecule has 0 aliphatic rings. The van der Waals surface area contributed by atoms with E-state index in [1.165, 1.54) is 16.7 Å². The lowest BCUT2D eigenvalue weighted by atomic mass is 10.1. The van der Waals surface area contributed by atoms with Crippen LogP contribution in [0, 0.1) is 6.92 Å². The van der Waals surface area contributed by atoms with Crippen LogP contribution in [0.4, 0.5) is 0 Å². The Labute approximate surface area is 163 Å². The molecule has 5 nitrogen and oxygen atoms in total. The van der Waals surface area contributed by atoms with Crippen LogP contribution in [-0.4, -0.2) is 38.6 Å². The van der Waals surface area contributed by atoms with E-state index in [-0.39, 0.29) is 0 Å². The molecule has 2 aromatic rings. The number of benzene rings is 2. The van der Waals surface area contributed by atoms with Crippen molar-refractivity contribution in [3.63, 3.8) is 0 Å². The van der Waals surface area contributed by atoms with Gasteiger partial charge in [-0.1, -0.05) is 36.4 Å². The van der Waals surface area contributed by atoms with Gasteiger partial charge in [0.2, 0.25) is 0 Å². The van der Waals surface area contributed by atoms with E-state index < -0.39 is 0 Å². The summed E-state index contributed by atoms with van der Waals surface area (Å²) in [5.74, 6) is 1.69. The number of nitrogens with one attached hydrogen (secondary N) is 2. The Kier molecular flexibility index (Phi) is 8.14. The number of nitrogens with zero attached hydrogens (tertiary/aromatic N) is 2. The molecule has 5 heteroatoms. The van der Waals surface area contributed by atoms with Gasteiger partial charge in [0.15, 0.2) is 5.96 Å². The molecule has 0 spiro atoms. The molecule has 0 unspecified atom stereocenters. The smallest absolute Gasteiger partial charge is 0.191 e. The van der Waals surface area contributed by atoms with Gasteiger partial charge < -0.3 is 20.3 Å². The summed E-state index contributed by atoms with van der Waals surface area (Å²) in [5, 5.41) is 6.77. The van der Waals surface area contributed by atoms with E-state index in [9.17, 15) is 0 Å². The van der Waals surface area contributed by atoms with E-state index in [2.05, 4.69) is 79.9 Å². The quantitative estimate of drug-likeness (QED) is 0.554. The van der Waals surface area contributed by atoms with Crippen LogP contribution in [0.2, 0.25) is 0 Å². The molecule has 2 aromatic carbocycles. The lowest BCUT2D eigenvalue weighted by Gasteiger charge is -2.16. The molecule has 0 heterocycles. The molecule has 146 valence electrons. The molecule has 27 heavy (non-hydrogen) atoms. The van der Waals surface area contributed by atoms with E-state index in [0.717, 1.165) is 36.9 Å². The molecule has 0 bridgehead atoms. The van der Waals surface area contributed by atoms with Crippen LogP contribution < -0.4 is 15.4 Å². The van der Waals surface area contributed by atoms with Gasteiger partial charge in [0.05, 0.1) is 13.7 Å². The molecule has 0 atom stereocenters. The third kappa shape index (κ3) is 6.61. The van der Waals surface area contributed by atoms with Gasteiger partial charge in [-0.25, -0.2) is 4.99 Å². The van der Waals surface area contributed by atoms with Crippen molar-refractivity contribution < 1.29 is 4.74 Å². The summed E-state index contributed by atoms with van der Waals surface area (Å²) < 4.78 is 5.49. The molecule has 0 saturated heterocycles. The molecule has 0 fully saturated rings. The fraction of sp³-hybridized carbons (Fsp3) is 0.409. The zero-order valence-corrected chi connectivity index (χ0v) is 17.2. The van der Waals surface area contributed by atoms with E-state index in [4.69, 9.17) is 9.73 Å². The molecular weight excluding hydrogens is 336 g/mol. The van der Waals surface area contributed by atoms with Gasteiger partial charge in [-0.3, -0.25) is 0 Å². The standard InChI is InChI=1S/C22H32N4O/c1-6-23-22(25-15-19-12-11-17(2)13-21(19)27-5)24-14-18-9-7-8-10-20(18)16-26(3)4/h7-13H,6,14-16H2,1-5H3,(H2,23,24,25). The van der Waals surface area contributed by atoms with Gasteiger partial charge in [-0.15, -0.1) is 0 Å². The molecule has 2 N–H and O–H groups in total. The molecule has 0 aliphatic carbocycles. The first-order valence-electron chi connectivity index (χ1n) is 9.40. The number of rotatable bonds is 8. The number of hydrogen-bond acceptors (Lipinski definition) is 3. The van der Waals surface area contributed by atoms with E-state index in [1.807, 2.05) is 6.07 Å². The van der Waals surface area contributed by atoms with Crippen molar-refractivity contribution in [3.05, 3.63) is 64.7 Å². The van der Waals surface area contributed by atoms with Gasteiger partial charge in [0.1, 0.15) is 5.75 Å². The number of hydrogen-bond donors (Lipinski definition) is 2. The summed E-state index contributed by atoms with van der Waals surface area (Å²) in [4.78, 5) is 6.91. The zero-order valence-electron chi connectivity index (χ0n) is 17.2. The predicted molar refractivity (Wildman–Crippen MR) is 113 cm³/mol. The molecule has 0 aliphatic heterocycles. The van der Waals surface area contributed by atoms with Crippen molar-refractivity contribution in [2.45, 2.75) is 33.5 Å². The average Bonchev–Trinajstić information content (AvgIpc) is 2.65. The Balaban J connectivity index is 2.09. The molecule has 0 amide bonds. The number of aryl methyl sites for hydroxylation is 1. The van der Waals surface area contributed by atoms with Gasteiger partial charge >= 0.3 is 0 Å². The highest BCUT2D eigenvalue weighted by molar-refractivity contribution is 5.79. The fourth-order valence-corrected chi connectivity index (χ4v) is 2.89. The first-order valence-corrected chi connectivity index (χ1v) is 9.40. The molecule has 0 saturated carbocycles. The van der Waals surface area contributed by atoms with E-state index in [0.29, 0.717) is 6.54 Å². The van der Waals surface area contributed by atoms with Crippen molar-refractivity contribution in [1.29, 1.82) is 0 Å². The Bertz CT molecular complexity index is 756. The largest absolute Gasteiger partial charge is 0.496 e. The third-order valence-corrected chi connectivity index (χ3v) is 4.25. The highest BCUT2D eigenvalue weighted by atomic mass is 16.5. The number of methoxy groups -OCH3 is 1. The maximum Gasteiger partial charge on any atom is 0.191 e. The second-order valence-electron chi connectivity index (χ2n) is 6.87. The fourth-order valence-electron chi connectivity index (χ4n) is 2.89. The predicted octanol–water partition coefficient (Wildman–Crippen LogP) is 3.32. The van der Waals surface area contributed by atoms with E-state index >= 15 is 0 Å². The van der Waals surface area contributed by atoms with Crippen LogP contribution in [0.3, 0.4) is 0 Å². The van der Waals surface area contributed by atoms with Gasteiger partial charge in [-0.2, -0.15) is 0 Å². The van der Waals surface area contributed by atoms with E-state index in [1.54, 1.807) is 7.11 Å². The summed E-state index contributed by atoms with van der Waals surface area (Å²) in [5.41, 5.74) is 4.87. The normalized spacial score (nSPS) is 11.6. The average molecular weight is 369 g/mol. The highest BCUT2D eigenvalue weighted by Crippen LogP contribution is 2.20. The Morgan fingerprint density at radius 3 is 2.44 bits per heavy atom. The minimum absolute atomic E-state index is 0.568. The Morgan fingerprint density at radius 1 is 1.04 bits per heavy atom. The summed E-state index contributed by atoms with van der Waals surface area (Å²) >= 11 is 0. The maximum atomic E-state index is 5.49. The molecule has 2 rings (SSSR count). The summed E-state index contributed by atoms with van der Waals surface area (Å²) in [6.07, 6.45) is 0.